The third kappa shape index (κ3) is 4.38. The molecule has 2 aromatic rings. The molecule has 4 heteroatoms. The Morgan fingerprint density at radius 1 is 0.870 bits per heavy atom. The van der Waals surface area contributed by atoms with Crippen molar-refractivity contribution in [3.63, 3.8) is 0 Å². The first-order chi connectivity index (χ1) is 11.2. The molecule has 3 rings (SSSR count). The lowest BCUT2D eigenvalue weighted by atomic mass is 10.1. The van der Waals surface area contributed by atoms with E-state index in [1.807, 2.05) is 18.2 Å². The van der Waals surface area contributed by atoms with Gasteiger partial charge < -0.3 is 9.80 Å². The molecule has 0 bridgehead atoms. The normalized spacial score (nSPS) is 20.9. The van der Waals surface area contributed by atoms with Crippen molar-refractivity contribution in [2.75, 3.05) is 26.2 Å². The highest BCUT2D eigenvalue weighted by atomic mass is 19.1. The maximum atomic E-state index is 13.2. The Morgan fingerprint density at radius 2 is 1.48 bits per heavy atom. The quantitative estimate of drug-likeness (QED) is 0.830. The number of hydrogen-bond acceptors (Lipinski definition) is 1. The highest BCUT2D eigenvalue weighted by molar-refractivity contribution is 5.31. The molecule has 0 spiro atoms. The van der Waals surface area contributed by atoms with Crippen LogP contribution in [0.4, 0.5) is 4.39 Å². The predicted molar refractivity (Wildman–Crippen MR) is 86.4 cm³/mol. The number of rotatable bonds is 4. The van der Waals surface area contributed by atoms with Crippen molar-refractivity contribution >= 4 is 0 Å². The van der Waals surface area contributed by atoms with Gasteiger partial charge in [-0.3, -0.25) is 0 Å². The van der Waals surface area contributed by atoms with Gasteiger partial charge >= 0.3 is 0 Å². The van der Waals surface area contributed by atoms with Crippen LogP contribution in [0.1, 0.15) is 16.7 Å². The molecule has 23 heavy (non-hydrogen) atoms. The molecule has 118 valence electrons. The van der Waals surface area contributed by atoms with Crippen LogP contribution in [0.2, 0.25) is 0 Å². The fourth-order valence-electron chi connectivity index (χ4n) is 3.23. The number of benzene rings is 2. The summed E-state index contributed by atoms with van der Waals surface area (Å²) in [5.74, 6) is -0.146. The Labute approximate surface area is 136 Å². The van der Waals surface area contributed by atoms with Crippen molar-refractivity contribution in [1.82, 2.24) is 0 Å². The smallest absolute Gasteiger partial charge is 0.127 e. The van der Waals surface area contributed by atoms with Gasteiger partial charge in [0, 0.05) is 11.1 Å². The standard InChI is InChI=1S/C19H20FN3/c20-19-3-1-2-18(12-19)15-23-10-8-22(9-11-23)14-17-6-4-16(13-21)5-7-17/h1-7,12H,8-11,14-15H2/p+2. The van der Waals surface area contributed by atoms with Gasteiger partial charge in [-0.05, 0) is 24.3 Å². The van der Waals surface area contributed by atoms with E-state index in [-0.39, 0.29) is 5.82 Å². The molecule has 1 aliphatic heterocycles. The monoisotopic (exact) mass is 311 g/mol. The van der Waals surface area contributed by atoms with Gasteiger partial charge in [0.05, 0.1) is 11.6 Å². The fraction of sp³-hybridized carbons (Fsp3) is 0.316. The van der Waals surface area contributed by atoms with E-state index in [0.717, 1.165) is 44.8 Å². The third-order valence-corrected chi connectivity index (χ3v) is 4.54. The Hall–Kier alpha value is -2.22. The molecular formula is C19H22FN3+2. The van der Waals surface area contributed by atoms with E-state index in [1.165, 1.54) is 16.5 Å². The van der Waals surface area contributed by atoms with Crippen LogP contribution in [0, 0.1) is 17.1 Å². The summed E-state index contributed by atoms with van der Waals surface area (Å²) in [5, 5.41) is 8.84. The molecule has 2 aromatic carbocycles. The maximum absolute atomic E-state index is 13.2. The van der Waals surface area contributed by atoms with Crippen molar-refractivity contribution in [2.24, 2.45) is 0 Å². The molecule has 0 aliphatic carbocycles. The number of quaternary nitrogens is 2. The van der Waals surface area contributed by atoms with Crippen LogP contribution in [0.5, 0.6) is 0 Å². The second-order valence-corrected chi connectivity index (χ2v) is 6.29. The summed E-state index contributed by atoms with van der Waals surface area (Å²) in [6.07, 6.45) is 0. The fourth-order valence-corrected chi connectivity index (χ4v) is 3.23. The van der Waals surface area contributed by atoms with Crippen LogP contribution in [0.3, 0.4) is 0 Å². The molecule has 1 heterocycles. The topological polar surface area (TPSA) is 32.7 Å². The minimum absolute atomic E-state index is 0.146. The number of nitrogens with zero attached hydrogens (tertiary/aromatic N) is 1. The van der Waals surface area contributed by atoms with Gasteiger partial charge in [-0.1, -0.05) is 24.3 Å². The SMILES string of the molecule is N#Cc1ccc(C[NH+]2CC[NH+](Cc3cccc(F)c3)CC2)cc1. The Morgan fingerprint density at radius 3 is 2.04 bits per heavy atom. The summed E-state index contributed by atoms with van der Waals surface area (Å²) >= 11 is 0. The lowest BCUT2D eigenvalue weighted by molar-refractivity contribution is -1.02. The van der Waals surface area contributed by atoms with Crippen molar-refractivity contribution in [3.05, 3.63) is 71.0 Å². The number of nitriles is 1. The molecule has 0 amide bonds. The molecule has 1 fully saturated rings. The highest BCUT2D eigenvalue weighted by Crippen LogP contribution is 2.02. The van der Waals surface area contributed by atoms with Crippen molar-refractivity contribution in [1.29, 1.82) is 5.26 Å². The van der Waals surface area contributed by atoms with Crippen LogP contribution >= 0.6 is 0 Å². The van der Waals surface area contributed by atoms with E-state index in [9.17, 15) is 4.39 Å². The summed E-state index contributed by atoms with van der Waals surface area (Å²) in [5.41, 5.74) is 3.08. The zero-order valence-corrected chi connectivity index (χ0v) is 13.2. The summed E-state index contributed by atoms with van der Waals surface area (Å²) in [4.78, 5) is 3.11. The van der Waals surface area contributed by atoms with Crippen molar-refractivity contribution in [3.8, 4) is 6.07 Å². The summed E-state index contributed by atoms with van der Waals surface area (Å²) in [7, 11) is 0. The predicted octanol–water partition coefficient (Wildman–Crippen LogP) is 0.181. The van der Waals surface area contributed by atoms with Crippen LogP contribution in [0.15, 0.2) is 48.5 Å². The van der Waals surface area contributed by atoms with E-state index in [1.54, 1.807) is 17.0 Å². The van der Waals surface area contributed by atoms with Gasteiger partial charge in [0.2, 0.25) is 0 Å². The van der Waals surface area contributed by atoms with Crippen LogP contribution in [0.25, 0.3) is 0 Å². The average molecular weight is 311 g/mol. The van der Waals surface area contributed by atoms with Gasteiger partial charge in [-0.15, -0.1) is 0 Å². The molecule has 0 radical (unpaired) electrons. The zero-order valence-electron chi connectivity index (χ0n) is 13.2. The molecule has 0 atom stereocenters. The van der Waals surface area contributed by atoms with E-state index in [4.69, 9.17) is 5.26 Å². The molecule has 1 saturated heterocycles. The Balaban J connectivity index is 1.49. The number of piperazine rings is 1. The number of hydrogen-bond donors (Lipinski definition) is 2. The van der Waals surface area contributed by atoms with Gasteiger partial charge in [0.15, 0.2) is 0 Å². The second-order valence-electron chi connectivity index (χ2n) is 6.29. The molecule has 2 N–H and O–H groups in total. The first kappa shape index (κ1) is 15.7. The number of halogens is 1. The average Bonchev–Trinajstić information content (AvgIpc) is 2.57. The van der Waals surface area contributed by atoms with Gasteiger partial charge in [0.1, 0.15) is 45.1 Å². The summed E-state index contributed by atoms with van der Waals surface area (Å²) < 4.78 is 13.2. The minimum atomic E-state index is -0.146. The first-order valence-electron chi connectivity index (χ1n) is 8.13. The molecule has 0 aromatic heterocycles. The lowest BCUT2D eigenvalue weighted by Gasteiger charge is -2.29. The summed E-state index contributed by atoms with van der Waals surface area (Å²) in [6, 6.07) is 17.0. The third-order valence-electron chi connectivity index (χ3n) is 4.54. The number of nitrogens with one attached hydrogen (secondary N) is 2. The zero-order chi connectivity index (χ0) is 16.1. The van der Waals surface area contributed by atoms with Crippen LogP contribution in [-0.4, -0.2) is 26.2 Å². The molecule has 3 nitrogen and oxygen atoms in total. The van der Waals surface area contributed by atoms with Gasteiger partial charge in [-0.2, -0.15) is 5.26 Å². The van der Waals surface area contributed by atoms with Gasteiger partial charge in [0.25, 0.3) is 0 Å². The Bertz CT molecular complexity index is 683. The van der Waals surface area contributed by atoms with E-state index < -0.39 is 0 Å². The highest BCUT2D eigenvalue weighted by Gasteiger charge is 2.23. The largest absolute Gasteiger partial charge is 0.322 e. The maximum Gasteiger partial charge on any atom is 0.127 e. The van der Waals surface area contributed by atoms with Crippen molar-refractivity contribution in [2.45, 2.75) is 13.1 Å². The van der Waals surface area contributed by atoms with E-state index >= 15 is 0 Å². The van der Waals surface area contributed by atoms with E-state index in [0.29, 0.717) is 5.56 Å². The first-order valence-corrected chi connectivity index (χ1v) is 8.13. The lowest BCUT2D eigenvalue weighted by Crippen LogP contribution is -3.27. The Kier molecular flexibility index (Phi) is 5.02. The molecule has 0 unspecified atom stereocenters. The van der Waals surface area contributed by atoms with Gasteiger partial charge in [-0.25, -0.2) is 4.39 Å². The van der Waals surface area contributed by atoms with Crippen LogP contribution in [-0.2, 0) is 13.1 Å². The summed E-state index contributed by atoms with van der Waals surface area (Å²) in [6.45, 7) is 6.40. The molecule has 1 aliphatic rings. The van der Waals surface area contributed by atoms with Crippen LogP contribution < -0.4 is 9.80 Å². The minimum Gasteiger partial charge on any atom is -0.322 e. The van der Waals surface area contributed by atoms with E-state index in [2.05, 4.69) is 18.2 Å². The molecular weight excluding hydrogens is 289 g/mol. The molecule has 0 saturated carbocycles. The van der Waals surface area contributed by atoms with Crippen molar-refractivity contribution < 1.29 is 14.2 Å². The second kappa shape index (κ2) is 7.36.